The van der Waals surface area contributed by atoms with Crippen molar-refractivity contribution >= 4 is 26.9 Å². The Morgan fingerprint density at radius 3 is 2.47 bits per heavy atom. The van der Waals surface area contributed by atoms with Crippen LogP contribution in [0.5, 0.6) is 0 Å². The monoisotopic (exact) mass is 301 g/mol. The first-order valence-electron chi connectivity index (χ1n) is 4.57. The van der Waals surface area contributed by atoms with E-state index in [2.05, 4.69) is 21.2 Å². The first-order chi connectivity index (χ1) is 8.96. The van der Waals surface area contributed by atoms with Crippen LogP contribution in [0.25, 0.3) is 10.4 Å². The van der Waals surface area contributed by atoms with Gasteiger partial charge in [0.15, 0.2) is 0 Å². The maximum atomic E-state index is 13.7. The van der Waals surface area contributed by atoms with E-state index in [9.17, 15) is 17.2 Å². The zero-order valence-electron chi connectivity index (χ0n) is 8.91. The van der Waals surface area contributed by atoms with Crippen LogP contribution in [0.2, 0.25) is 0 Å². The molecule has 97 valence electrons. The maximum absolute atomic E-state index is 13.7. The van der Waals surface area contributed by atoms with Gasteiger partial charge in [0, 0.05) is 16.0 Å². The van der Waals surface area contributed by atoms with Gasteiger partial charge in [-0.25, -0.2) is 22.2 Å². The lowest BCUT2D eigenvalue weighted by atomic mass is 10.3. The van der Waals surface area contributed by atoms with Crippen LogP contribution >= 0.6 is 11.3 Å². The molecule has 10 heteroatoms. The third kappa shape index (κ3) is 2.41. The molecule has 1 heterocycles. The number of benzene rings is 1. The molecule has 6 nitrogen and oxygen atoms in total. The minimum Gasteiger partial charge on any atom is -0.223 e. The van der Waals surface area contributed by atoms with Crippen LogP contribution < -0.4 is 0 Å². The number of thiazole rings is 1. The van der Waals surface area contributed by atoms with Crippen LogP contribution in [0.3, 0.4) is 0 Å². The summed E-state index contributed by atoms with van der Waals surface area (Å²) in [7, 11) is -4.40. The van der Waals surface area contributed by atoms with Gasteiger partial charge in [-0.15, -0.1) is 11.3 Å². The van der Waals surface area contributed by atoms with Gasteiger partial charge in [-0.1, -0.05) is 5.11 Å². The Balaban J connectivity index is 2.68. The average Bonchev–Trinajstić information content (AvgIpc) is 2.81. The second kappa shape index (κ2) is 4.92. The van der Waals surface area contributed by atoms with E-state index in [1.807, 2.05) is 0 Å². The molecule has 2 rings (SSSR count). The lowest BCUT2D eigenvalue weighted by Gasteiger charge is -2.05. The van der Waals surface area contributed by atoms with Crippen molar-refractivity contribution in [1.82, 2.24) is 4.98 Å². The normalized spacial score (nSPS) is 11.1. The van der Waals surface area contributed by atoms with E-state index >= 15 is 0 Å². The molecular weight excluding hydrogens is 298 g/mol. The van der Waals surface area contributed by atoms with Crippen molar-refractivity contribution in [2.75, 3.05) is 0 Å². The fourth-order valence-electron chi connectivity index (χ4n) is 1.31. The smallest absolute Gasteiger partial charge is 0.223 e. The Hall–Kier alpha value is -2.03. The summed E-state index contributed by atoms with van der Waals surface area (Å²) >= 11 is 0.687. The summed E-state index contributed by atoms with van der Waals surface area (Å²) in [4.78, 5) is 4.62. The lowest BCUT2D eigenvalue weighted by molar-refractivity contribution is 0.519. The predicted molar refractivity (Wildman–Crippen MR) is 61.6 cm³/mol. The average molecular weight is 301 g/mol. The van der Waals surface area contributed by atoms with E-state index in [0.29, 0.717) is 23.5 Å². The summed E-state index contributed by atoms with van der Waals surface area (Å²) in [6.45, 7) is 0. The molecule has 1 aromatic heterocycles. The van der Waals surface area contributed by atoms with Crippen molar-refractivity contribution in [2.45, 2.75) is 9.24 Å². The molecule has 0 bridgehead atoms. The molecule has 0 saturated carbocycles. The number of halogens is 2. The van der Waals surface area contributed by atoms with Crippen molar-refractivity contribution in [2.24, 2.45) is 5.11 Å². The second-order valence-electron chi connectivity index (χ2n) is 3.17. The summed E-state index contributed by atoms with van der Waals surface area (Å²) in [5, 5.41) is 4.25. The highest BCUT2D eigenvalue weighted by Crippen LogP contribution is 2.30. The van der Waals surface area contributed by atoms with Gasteiger partial charge >= 0.3 is 0 Å². The van der Waals surface area contributed by atoms with Gasteiger partial charge in [0.1, 0.15) is 22.7 Å². The van der Waals surface area contributed by atoms with Crippen LogP contribution in [0.15, 0.2) is 31.9 Å². The zero-order chi connectivity index (χ0) is 14.0. The summed E-state index contributed by atoms with van der Waals surface area (Å²) < 4.78 is 50.8. The lowest BCUT2D eigenvalue weighted by Crippen LogP contribution is -2.07. The Morgan fingerprint density at radius 1 is 1.37 bits per heavy atom. The molecule has 0 aliphatic rings. The molecule has 1 aromatic carbocycles. The molecule has 0 saturated heterocycles. The molecule has 0 aliphatic heterocycles. The number of rotatable bonds is 3. The van der Waals surface area contributed by atoms with Crippen LogP contribution in [0.4, 0.5) is 14.5 Å². The zero-order valence-corrected chi connectivity index (χ0v) is 10.5. The van der Waals surface area contributed by atoms with Crippen molar-refractivity contribution < 1.29 is 17.2 Å². The van der Waals surface area contributed by atoms with Crippen molar-refractivity contribution in [3.05, 3.63) is 45.8 Å². The summed E-state index contributed by atoms with van der Waals surface area (Å²) in [5.41, 5.74) is 7.80. The van der Waals surface area contributed by atoms with E-state index in [1.54, 1.807) is 0 Å². The highest BCUT2D eigenvalue weighted by molar-refractivity contribution is 7.93. The third-order valence-electron chi connectivity index (χ3n) is 2.01. The summed E-state index contributed by atoms with van der Waals surface area (Å²) in [5.74, 6) is -2.70. The third-order valence-corrected chi connectivity index (χ3v) is 4.95. The molecule has 0 amide bonds. The van der Waals surface area contributed by atoms with Gasteiger partial charge in [0.05, 0.1) is 0 Å². The van der Waals surface area contributed by atoms with Crippen LogP contribution in [0, 0.1) is 17.8 Å². The van der Waals surface area contributed by atoms with E-state index in [0.717, 1.165) is 0 Å². The Bertz CT molecular complexity index is 745. The van der Waals surface area contributed by atoms with E-state index in [4.69, 9.17) is 5.53 Å². The van der Waals surface area contributed by atoms with Crippen molar-refractivity contribution in [3.63, 3.8) is 0 Å². The SMILES string of the molecule is [N-]=[N+]=Nc1cc(F)c(S(=O)(=O)c2n[c]cs2)c(F)c1. The highest BCUT2D eigenvalue weighted by Gasteiger charge is 2.28. The minimum atomic E-state index is -4.40. The first-order valence-corrected chi connectivity index (χ1v) is 6.94. The minimum absolute atomic E-state index is 0.359. The number of hydrogen-bond acceptors (Lipinski definition) is 5. The number of sulfone groups is 1. The molecule has 0 unspecified atom stereocenters. The number of hydrogen-bond donors (Lipinski definition) is 0. The molecule has 2 aromatic rings. The van der Waals surface area contributed by atoms with Gasteiger partial charge < -0.3 is 0 Å². The molecule has 0 aliphatic carbocycles. The number of azide groups is 1. The van der Waals surface area contributed by atoms with Crippen molar-refractivity contribution in [3.8, 4) is 0 Å². The van der Waals surface area contributed by atoms with Gasteiger partial charge in [0.25, 0.3) is 0 Å². The van der Waals surface area contributed by atoms with Crippen molar-refractivity contribution in [1.29, 1.82) is 0 Å². The fourth-order valence-corrected chi connectivity index (χ4v) is 3.50. The summed E-state index contributed by atoms with van der Waals surface area (Å²) in [6.07, 6.45) is 2.25. The van der Waals surface area contributed by atoms with Gasteiger partial charge in [0.2, 0.25) is 14.2 Å². The number of aromatic nitrogens is 1. The van der Waals surface area contributed by atoms with Gasteiger partial charge in [-0.3, -0.25) is 0 Å². The predicted octanol–water partition coefficient (Wildman–Crippen LogP) is 3.00. The standard InChI is InChI=1S/C9H3F2N4O2S2/c10-6-3-5(14-15-12)4-7(11)8(6)19(16,17)9-13-1-2-18-9/h2-4H. The second-order valence-corrected chi connectivity index (χ2v) is 6.09. The topological polar surface area (TPSA) is 95.8 Å². The molecule has 0 N–H and O–H groups in total. The van der Waals surface area contributed by atoms with E-state index in [-0.39, 0.29) is 5.69 Å². The van der Waals surface area contributed by atoms with Gasteiger partial charge in [-0.05, 0) is 17.7 Å². The van der Waals surface area contributed by atoms with E-state index < -0.39 is 30.7 Å². The fraction of sp³-hybridized carbons (Fsp3) is 0. The molecule has 1 radical (unpaired) electrons. The Morgan fingerprint density at radius 2 is 2.00 bits per heavy atom. The van der Waals surface area contributed by atoms with Crippen LogP contribution in [-0.4, -0.2) is 13.4 Å². The first kappa shape index (κ1) is 13.4. The molecule has 0 spiro atoms. The quantitative estimate of drug-likeness (QED) is 0.495. The maximum Gasteiger partial charge on any atom is 0.239 e. The molecule has 19 heavy (non-hydrogen) atoms. The number of nitrogens with zero attached hydrogens (tertiary/aromatic N) is 4. The molecule has 0 fully saturated rings. The molecular formula is C9H3F2N4O2S2. The highest BCUT2D eigenvalue weighted by atomic mass is 32.2. The van der Waals surface area contributed by atoms with Crippen LogP contribution in [0.1, 0.15) is 0 Å². The Labute approximate surface area is 109 Å². The largest absolute Gasteiger partial charge is 0.239 e. The Kier molecular flexibility index (Phi) is 3.47. The molecule has 0 atom stereocenters. The van der Waals surface area contributed by atoms with Crippen LogP contribution in [-0.2, 0) is 9.84 Å². The van der Waals surface area contributed by atoms with Gasteiger partial charge in [-0.2, -0.15) is 0 Å². The summed E-state index contributed by atoms with van der Waals surface area (Å²) in [6, 6.07) is 1.26. The van der Waals surface area contributed by atoms with E-state index in [1.165, 1.54) is 5.38 Å².